The average molecular weight is 251 g/mol. The fourth-order valence-electron chi connectivity index (χ4n) is 2.06. The van der Waals surface area contributed by atoms with Crippen LogP contribution in [0.1, 0.15) is 0 Å². The van der Waals surface area contributed by atoms with Gasteiger partial charge in [-0.2, -0.15) is 5.11 Å². The molecule has 4 nitrogen and oxygen atoms in total. The van der Waals surface area contributed by atoms with Crippen molar-refractivity contribution in [3.8, 4) is 5.88 Å². The van der Waals surface area contributed by atoms with Gasteiger partial charge >= 0.3 is 0 Å². The zero-order chi connectivity index (χ0) is 13.2. The van der Waals surface area contributed by atoms with Crippen molar-refractivity contribution < 1.29 is 5.11 Å². The van der Waals surface area contributed by atoms with Crippen molar-refractivity contribution in [1.82, 2.24) is 4.57 Å². The number of fused-ring (bicyclic) bond motifs is 1. The van der Waals surface area contributed by atoms with Crippen LogP contribution >= 0.6 is 0 Å². The van der Waals surface area contributed by atoms with Crippen LogP contribution in [0.3, 0.4) is 0 Å². The Morgan fingerprint density at radius 2 is 1.58 bits per heavy atom. The van der Waals surface area contributed by atoms with Gasteiger partial charge in [0.2, 0.25) is 5.88 Å². The molecule has 0 saturated heterocycles. The normalized spacial score (nSPS) is 11.4. The van der Waals surface area contributed by atoms with Gasteiger partial charge in [-0.1, -0.05) is 36.4 Å². The Bertz CT molecular complexity index is 745. The molecule has 0 aliphatic rings. The molecule has 94 valence electrons. The van der Waals surface area contributed by atoms with Crippen molar-refractivity contribution in [1.29, 1.82) is 0 Å². The van der Waals surface area contributed by atoms with Gasteiger partial charge in [0, 0.05) is 12.4 Å². The molecule has 0 aliphatic heterocycles. The predicted molar refractivity (Wildman–Crippen MR) is 75.2 cm³/mol. The van der Waals surface area contributed by atoms with E-state index >= 15 is 0 Å². The van der Waals surface area contributed by atoms with Crippen LogP contribution in [0, 0.1) is 0 Å². The third-order valence-corrected chi connectivity index (χ3v) is 3.07. The third-order valence-electron chi connectivity index (χ3n) is 3.07. The van der Waals surface area contributed by atoms with E-state index in [4.69, 9.17) is 0 Å². The maximum absolute atomic E-state index is 10.1. The number of rotatable bonds is 2. The number of hydrogen-bond donors (Lipinski definition) is 1. The number of para-hydroxylation sites is 1. The second-order valence-corrected chi connectivity index (χ2v) is 4.28. The molecule has 0 fully saturated rings. The molecule has 0 atom stereocenters. The summed E-state index contributed by atoms with van der Waals surface area (Å²) in [6.07, 6.45) is 0. The summed E-state index contributed by atoms with van der Waals surface area (Å²) in [5, 5.41) is 19.3. The molecular weight excluding hydrogens is 238 g/mol. The second kappa shape index (κ2) is 4.57. The van der Waals surface area contributed by atoms with E-state index in [0.717, 1.165) is 16.6 Å². The summed E-state index contributed by atoms with van der Waals surface area (Å²) in [5.41, 5.74) is 2.19. The van der Waals surface area contributed by atoms with Crippen LogP contribution in [0.25, 0.3) is 10.9 Å². The van der Waals surface area contributed by atoms with E-state index in [1.165, 1.54) is 0 Å². The molecular formula is C15H13N3O. The van der Waals surface area contributed by atoms with Crippen molar-refractivity contribution in [3.63, 3.8) is 0 Å². The fraction of sp³-hybridized carbons (Fsp3) is 0.0667. The number of aromatic hydroxyl groups is 1. The summed E-state index contributed by atoms with van der Waals surface area (Å²) >= 11 is 0. The summed E-state index contributed by atoms with van der Waals surface area (Å²) in [7, 11) is 1.80. The maximum Gasteiger partial charge on any atom is 0.220 e. The molecule has 3 aromatic rings. The summed E-state index contributed by atoms with van der Waals surface area (Å²) < 4.78 is 1.70. The summed E-state index contributed by atoms with van der Waals surface area (Å²) in [6.45, 7) is 0. The molecule has 4 heteroatoms. The first-order chi connectivity index (χ1) is 9.27. The molecule has 0 radical (unpaired) electrons. The first-order valence-corrected chi connectivity index (χ1v) is 6.00. The van der Waals surface area contributed by atoms with E-state index in [-0.39, 0.29) is 5.88 Å². The van der Waals surface area contributed by atoms with E-state index in [1.54, 1.807) is 11.6 Å². The van der Waals surface area contributed by atoms with Crippen molar-refractivity contribution in [2.45, 2.75) is 0 Å². The Labute approximate surface area is 110 Å². The Morgan fingerprint density at radius 1 is 0.895 bits per heavy atom. The lowest BCUT2D eigenvalue weighted by Gasteiger charge is -1.95. The van der Waals surface area contributed by atoms with Crippen molar-refractivity contribution in [2.75, 3.05) is 0 Å². The van der Waals surface area contributed by atoms with Gasteiger partial charge in [0.05, 0.1) is 11.2 Å². The summed E-state index contributed by atoms with van der Waals surface area (Å²) in [5.74, 6) is 0.126. The minimum Gasteiger partial charge on any atom is -0.493 e. The SMILES string of the molecule is Cn1c(O)c(N=Nc2ccccc2)c2ccccc21. The molecule has 0 spiro atoms. The standard InChI is InChI=1S/C15H13N3O/c1-18-13-10-6-5-9-12(13)14(15(18)19)17-16-11-7-3-2-4-8-11/h2-10,19H,1H3. The molecule has 0 amide bonds. The quantitative estimate of drug-likeness (QED) is 0.678. The highest BCUT2D eigenvalue weighted by Crippen LogP contribution is 2.38. The van der Waals surface area contributed by atoms with Gasteiger partial charge in [-0.3, -0.25) is 0 Å². The lowest BCUT2D eigenvalue weighted by molar-refractivity contribution is 0.436. The van der Waals surface area contributed by atoms with Gasteiger partial charge in [0.1, 0.15) is 0 Å². The summed E-state index contributed by atoms with van der Waals surface area (Å²) in [6, 6.07) is 17.2. The molecule has 1 aromatic heterocycles. The largest absolute Gasteiger partial charge is 0.493 e. The van der Waals surface area contributed by atoms with Crippen LogP contribution in [0.4, 0.5) is 11.4 Å². The van der Waals surface area contributed by atoms with Crippen molar-refractivity contribution in [2.24, 2.45) is 17.3 Å². The highest BCUT2D eigenvalue weighted by molar-refractivity contribution is 5.94. The highest BCUT2D eigenvalue weighted by Gasteiger charge is 2.13. The minimum absolute atomic E-state index is 0.126. The smallest absolute Gasteiger partial charge is 0.220 e. The maximum atomic E-state index is 10.1. The lowest BCUT2D eigenvalue weighted by Crippen LogP contribution is -1.84. The van der Waals surface area contributed by atoms with Gasteiger partial charge in [0.25, 0.3) is 0 Å². The van der Waals surface area contributed by atoms with Crippen LogP contribution in [-0.2, 0) is 7.05 Å². The zero-order valence-corrected chi connectivity index (χ0v) is 10.5. The highest BCUT2D eigenvalue weighted by atomic mass is 16.3. The van der Waals surface area contributed by atoms with Crippen LogP contribution in [0.15, 0.2) is 64.8 Å². The number of nitrogens with zero attached hydrogens (tertiary/aromatic N) is 3. The van der Waals surface area contributed by atoms with Crippen LogP contribution in [0.2, 0.25) is 0 Å². The van der Waals surface area contributed by atoms with Gasteiger partial charge in [-0.05, 0) is 18.2 Å². The Kier molecular flexibility index (Phi) is 2.76. The molecule has 0 saturated carbocycles. The van der Waals surface area contributed by atoms with E-state index in [2.05, 4.69) is 10.2 Å². The number of benzene rings is 2. The average Bonchev–Trinajstić information content (AvgIpc) is 2.71. The Hall–Kier alpha value is -2.62. The van der Waals surface area contributed by atoms with E-state index in [0.29, 0.717) is 5.69 Å². The summed E-state index contributed by atoms with van der Waals surface area (Å²) in [4.78, 5) is 0. The van der Waals surface area contributed by atoms with E-state index in [9.17, 15) is 5.11 Å². The molecule has 0 bridgehead atoms. The van der Waals surface area contributed by atoms with Gasteiger partial charge in [-0.25, -0.2) is 0 Å². The number of aryl methyl sites for hydroxylation is 1. The molecule has 2 aromatic carbocycles. The number of hydrogen-bond acceptors (Lipinski definition) is 3. The van der Waals surface area contributed by atoms with E-state index in [1.807, 2.05) is 54.6 Å². The van der Waals surface area contributed by atoms with Crippen molar-refractivity contribution >= 4 is 22.3 Å². The van der Waals surface area contributed by atoms with Crippen LogP contribution in [-0.4, -0.2) is 9.67 Å². The first kappa shape index (κ1) is 11.5. The molecule has 0 unspecified atom stereocenters. The number of aromatic nitrogens is 1. The first-order valence-electron chi connectivity index (χ1n) is 6.00. The van der Waals surface area contributed by atoms with Gasteiger partial charge in [0.15, 0.2) is 5.69 Å². The topological polar surface area (TPSA) is 49.9 Å². The molecule has 1 heterocycles. The minimum atomic E-state index is 0.126. The molecule has 1 N–H and O–H groups in total. The predicted octanol–water partition coefficient (Wildman–Crippen LogP) is 4.30. The van der Waals surface area contributed by atoms with E-state index < -0.39 is 0 Å². The molecule has 19 heavy (non-hydrogen) atoms. The van der Waals surface area contributed by atoms with Crippen LogP contribution in [0.5, 0.6) is 5.88 Å². The molecule has 0 aliphatic carbocycles. The zero-order valence-electron chi connectivity index (χ0n) is 10.5. The lowest BCUT2D eigenvalue weighted by atomic mass is 10.2. The second-order valence-electron chi connectivity index (χ2n) is 4.28. The van der Waals surface area contributed by atoms with Gasteiger partial charge in [-0.15, -0.1) is 5.11 Å². The number of azo groups is 1. The third kappa shape index (κ3) is 1.97. The van der Waals surface area contributed by atoms with Gasteiger partial charge < -0.3 is 9.67 Å². The fourth-order valence-corrected chi connectivity index (χ4v) is 2.06. The monoisotopic (exact) mass is 251 g/mol. The Morgan fingerprint density at radius 3 is 2.37 bits per heavy atom. The van der Waals surface area contributed by atoms with Crippen LogP contribution < -0.4 is 0 Å². The Balaban J connectivity index is 2.11. The van der Waals surface area contributed by atoms with Crippen molar-refractivity contribution in [3.05, 3.63) is 54.6 Å². The molecule has 3 rings (SSSR count).